The van der Waals surface area contributed by atoms with Gasteiger partial charge in [0.1, 0.15) is 6.61 Å². The number of esters is 1. The van der Waals surface area contributed by atoms with Crippen LogP contribution in [0.2, 0.25) is 0 Å². The van der Waals surface area contributed by atoms with Crippen LogP contribution in [-0.4, -0.2) is 38.9 Å². The Kier molecular flexibility index (Phi) is 4.70. The summed E-state index contributed by atoms with van der Waals surface area (Å²) in [6.45, 7) is 2.92. The molecule has 0 saturated carbocycles. The van der Waals surface area contributed by atoms with E-state index in [2.05, 4.69) is 22.4 Å². The average Bonchev–Trinajstić information content (AvgIpc) is 3.04. The number of aromatic nitrogens is 4. The van der Waals surface area contributed by atoms with Gasteiger partial charge in [-0.2, -0.15) is 0 Å². The number of hydrogen-bond donors (Lipinski definition) is 0. The molecule has 0 radical (unpaired) electrons. The number of para-hydroxylation sites is 2. The molecule has 0 N–H and O–H groups in total. The van der Waals surface area contributed by atoms with E-state index in [9.17, 15) is 4.79 Å². The molecule has 122 valence electrons. The SMILES string of the molecule is CCCCn1nnnc1COC(=O)[C@@H]1COc2ccccc2O1. The maximum Gasteiger partial charge on any atom is 0.351 e. The van der Waals surface area contributed by atoms with Crippen molar-refractivity contribution in [3.8, 4) is 11.5 Å². The maximum atomic E-state index is 12.1. The smallest absolute Gasteiger partial charge is 0.351 e. The van der Waals surface area contributed by atoms with E-state index < -0.39 is 12.1 Å². The van der Waals surface area contributed by atoms with Crippen molar-refractivity contribution < 1.29 is 19.0 Å². The van der Waals surface area contributed by atoms with Gasteiger partial charge in [-0.1, -0.05) is 25.5 Å². The van der Waals surface area contributed by atoms with Gasteiger partial charge in [0.2, 0.25) is 6.10 Å². The molecule has 1 aliphatic heterocycles. The molecule has 0 saturated heterocycles. The van der Waals surface area contributed by atoms with Crippen molar-refractivity contribution in [2.45, 2.75) is 39.0 Å². The minimum absolute atomic E-state index is 0.0110. The predicted molar refractivity (Wildman–Crippen MR) is 78.9 cm³/mol. The first-order chi connectivity index (χ1) is 11.3. The lowest BCUT2D eigenvalue weighted by Gasteiger charge is -2.24. The van der Waals surface area contributed by atoms with Gasteiger partial charge in [-0.3, -0.25) is 0 Å². The molecule has 2 heterocycles. The number of hydrogen-bond acceptors (Lipinski definition) is 7. The highest BCUT2D eigenvalue weighted by Crippen LogP contribution is 2.31. The van der Waals surface area contributed by atoms with E-state index in [-0.39, 0.29) is 13.2 Å². The lowest BCUT2D eigenvalue weighted by atomic mass is 10.2. The summed E-state index contributed by atoms with van der Waals surface area (Å²) < 4.78 is 18.0. The predicted octanol–water partition coefficient (Wildman–Crippen LogP) is 1.36. The van der Waals surface area contributed by atoms with Gasteiger partial charge in [0, 0.05) is 6.54 Å². The molecule has 0 unspecified atom stereocenters. The molecule has 1 atom stereocenters. The molecular formula is C15H18N4O4. The van der Waals surface area contributed by atoms with Crippen LogP contribution in [-0.2, 0) is 22.7 Å². The summed E-state index contributed by atoms with van der Waals surface area (Å²) in [7, 11) is 0. The lowest BCUT2D eigenvalue weighted by molar-refractivity contribution is -0.156. The monoisotopic (exact) mass is 318 g/mol. The molecule has 1 aliphatic rings. The maximum absolute atomic E-state index is 12.1. The second-order valence-corrected chi connectivity index (χ2v) is 5.14. The summed E-state index contributed by atoms with van der Waals surface area (Å²) in [5, 5.41) is 11.4. The van der Waals surface area contributed by atoms with Gasteiger partial charge in [0.15, 0.2) is 23.9 Å². The molecule has 1 aromatic carbocycles. The molecule has 8 nitrogen and oxygen atoms in total. The van der Waals surface area contributed by atoms with Crippen molar-refractivity contribution in [2.24, 2.45) is 0 Å². The summed E-state index contributed by atoms with van der Waals surface area (Å²) >= 11 is 0. The summed E-state index contributed by atoms with van der Waals surface area (Å²) in [6.07, 6.45) is 1.21. The summed E-state index contributed by atoms with van der Waals surface area (Å²) in [4.78, 5) is 12.1. The normalized spacial score (nSPS) is 16.1. The van der Waals surface area contributed by atoms with Gasteiger partial charge < -0.3 is 14.2 Å². The third-order valence-corrected chi connectivity index (χ3v) is 3.44. The third kappa shape index (κ3) is 3.58. The molecule has 1 aromatic heterocycles. The Labute approximate surface area is 133 Å². The molecule has 0 bridgehead atoms. The highest BCUT2D eigenvalue weighted by molar-refractivity contribution is 5.75. The molecule has 0 aliphatic carbocycles. The van der Waals surface area contributed by atoms with E-state index in [0.29, 0.717) is 23.9 Å². The van der Waals surface area contributed by atoms with Crippen LogP contribution >= 0.6 is 0 Å². The Morgan fingerprint density at radius 3 is 3.04 bits per heavy atom. The molecule has 0 fully saturated rings. The third-order valence-electron chi connectivity index (χ3n) is 3.44. The van der Waals surface area contributed by atoms with Crippen LogP contribution in [0.4, 0.5) is 0 Å². The fourth-order valence-corrected chi connectivity index (χ4v) is 2.17. The highest BCUT2D eigenvalue weighted by atomic mass is 16.6. The first-order valence-electron chi connectivity index (χ1n) is 7.58. The van der Waals surface area contributed by atoms with Crippen molar-refractivity contribution in [2.75, 3.05) is 6.61 Å². The van der Waals surface area contributed by atoms with Crippen LogP contribution in [0.3, 0.4) is 0 Å². The fraction of sp³-hybridized carbons (Fsp3) is 0.467. The zero-order chi connectivity index (χ0) is 16.1. The van der Waals surface area contributed by atoms with Gasteiger partial charge in [0.25, 0.3) is 0 Å². The Balaban J connectivity index is 1.55. The van der Waals surface area contributed by atoms with Crippen molar-refractivity contribution in [3.63, 3.8) is 0 Å². The van der Waals surface area contributed by atoms with E-state index in [0.717, 1.165) is 12.8 Å². The lowest BCUT2D eigenvalue weighted by Crippen LogP contribution is -2.37. The van der Waals surface area contributed by atoms with Crippen LogP contribution in [0, 0.1) is 0 Å². The van der Waals surface area contributed by atoms with Crippen molar-refractivity contribution in [1.82, 2.24) is 20.2 Å². The molecule has 23 heavy (non-hydrogen) atoms. The standard InChI is InChI=1S/C15H18N4O4/c1-2-3-8-19-14(16-17-18-19)10-22-15(20)13-9-21-11-6-4-5-7-12(11)23-13/h4-7,13H,2-3,8-10H2,1H3/t13-/m0/s1. The molecule has 0 spiro atoms. The number of ether oxygens (including phenoxy) is 3. The van der Waals surface area contributed by atoms with E-state index in [4.69, 9.17) is 14.2 Å². The van der Waals surface area contributed by atoms with Crippen molar-refractivity contribution in [3.05, 3.63) is 30.1 Å². The number of unbranched alkanes of at least 4 members (excludes halogenated alkanes) is 1. The van der Waals surface area contributed by atoms with Gasteiger partial charge in [-0.15, -0.1) is 5.10 Å². The van der Waals surface area contributed by atoms with Crippen LogP contribution in [0.1, 0.15) is 25.6 Å². The highest BCUT2D eigenvalue weighted by Gasteiger charge is 2.29. The van der Waals surface area contributed by atoms with Crippen molar-refractivity contribution >= 4 is 5.97 Å². The number of nitrogens with zero attached hydrogens (tertiary/aromatic N) is 4. The van der Waals surface area contributed by atoms with Gasteiger partial charge >= 0.3 is 5.97 Å². The molecule has 0 amide bonds. The first-order valence-corrected chi connectivity index (χ1v) is 7.58. The molecule has 8 heteroatoms. The second-order valence-electron chi connectivity index (χ2n) is 5.14. The van der Waals surface area contributed by atoms with Gasteiger partial charge in [-0.05, 0) is 29.0 Å². The zero-order valence-electron chi connectivity index (χ0n) is 12.8. The van der Waals surface area contributed by atoms with Crippen molar-refractivity contribution in [1.29, 1.82) is 0 Å². The second kappa shape index (κ2) is 7.08. The Hall–Kier alpha value is -2.64. The Morgan fingerprint density at radius 2 is 2.22 bits per heavy atom. The minimum atomic E-state index is -0.787. The summed E-state index contributed by atoms with van der Waals surface area (Å²) in [6, 6.07) is 7.20. The number of carbonyl (C=O) groups excluding carboxylic acids is 1. The molecule has 3 rings (SSSR count). The average molecular weight is 318 g/mol. The number of aryl methyl sites for hydroxylation is 1. The van der Waals surface area contributed by atoms with E-state index in [1.54, 1.807) is 16.8 Å². The fourth-order valence-electron chi connectivity index (χ4n) is 2.17. The minimum Gasteiger partial charge on any atom is -0.485 e. The zero-order valence-corrected chi connectivity index (χ0v) is 12.8. The number of benzene rings is 1. The number of fused-ring (bicyclic) bond motifs is 1. The van der Waals surface area contributed by atoms with E-state index in [1.165, 1.54) is 0 Å². The van der Waals surface area contributed by atoms with Gasteiger partial charge in [-0.25, -0.2) is 9.48 Å². The number of carbonyl (C=O) groups is 1. The van der Waals surface area contributed by atoms with E-state index >= 15 is 0 Å². The van der Waals surface area contributed by atoms with E-state index in [1.807, 2.05) is 12.1 Å². The molecule has 2 aromatic rings. The van der Waals surface area contributed by atoms with Crippen LogP contribution < -0.4 is 9.47 Å². The summed E-state index contributed by atoms with van der Waals surface area (Å²) in [5.41, 5.74) is 0. The van der Waals surface area contributed by atoms with Crippen LogP contribution in [0.5, 0.6) is 11.5 Å². The number of tetrazole rings is 1. The topological polar surface area (TPSA) is 88.4 Å². The van der Waals surface area contributed by atoms with Gasteiger partial charge in [0.05, 0.1) is 0 Å². The quantitative estimate of drug-likeness (QED) is 0.743. The number of rotatable bonds is 6. The summed E-state index contributed by atoms with van der Waals surface area (Å²) in [5.74, 6) is 1.18. The van der Waals surface area contributed by atoms with Crippen LogP contribution in [0.15, 0.2) is 24.3 Å². The Bertz CT molecular complexity index is 673. The van der Waals surface area contributed by atoms with Crippen LogP contribution in [0.25, 0.3) is 0 Å². The Morgan fingerprint density at radius 1 is 1.39 bits per heavy atom. The largest absolute Gasteiger partial charge is 0.485 e. The first kappa shape index (κ1) is 15.3. The molecular weight excluding hydrogens is 300 g/mol.